The topological polar surface area (TPSA) is 35.8 Å². The largest absolute Gasteiger partial charge is 0.287 e. The van der Waals surface area contributed by atoms with Crippen LogP contribution in [-0.2, 0) is 13.1 Å². The second-order valence-corrected chi connectivity index (χ2v) is 6.03. The van der Waals surface area contributed by atoms with Crippen LogP contribution in [0, 0.1) is 6.92 Å². The number of nitrogens with zero attached hydrogens (tertiary/aromatic N) is 2. The third-order valence-electron chi connectivity index (χ3n) is 3.98. The summed E-state index contributed by atoms with van der Waals surface area (Å²) in [7, 11) is 0. The molecular weight excluding hydrogens is 308 g/mol. The smallest absolute Gasteiger partial charge is 0.155 e. The molecule has 3 rings (SSSR count). The minimum Gasteiger partial charge on any atom is -0.287 e. The number of aliphatic imine (C=N–C) groups is 1. The molecule has 0 amide bonds. The van der Waals surface area contributed by atoms with Gasteiger partial charge < -0.3 is 0 Å². The predicted octanol–water partition coefficient (Wildman–Crippen LogP) is 4.83. The Kier molecular flexibility index (Phi) is 5.60. The van der Waals surface area contributed by atoms with Gasteiger partial charge in [-0.3, -0.25) is 10.2 Å². The third-order valence-corrected chi connectivity index (χ3v) is 3.98. The molecule has 3 heteroatoms. The van der Waals surface area contributed by atoms with E-state index in [4.69, 9.17) is 0 Å². The van der Waals surface area contributed by atoms with Crippen molar-refractivity contribution >= 4 is 5.84 Å². The third kappa shape index (κ3) is 4.78. The van der Waals surface area contributed by atoms with E-state index in [2.05, 4.69) is 4.99 Å². The zero-order valence-electron chi connectivity index (χ0n) is 14.3. The highest BCUT2D eigenvalue weighted by Crippen LogP contribution is 2.12. The maximum absolute atomic E-state index is 10.7. The normalized spacial score (nSPS) is 11.4. The van der Waals surface area contributed by atoms with E-state index in [1.165, 1.54) is 10.6 Å². The second-order valence-electron chi connectivity index (χ2n) is 6.03. The number of amidine groups is 1. The van der Waals surface area contributed by atoms with Crippen LogP contribution in [0.1, 0.15) is 22.3 Å². The van der Waals surface area contributed by atoms with Crippen LogP contribution in [0.15, 0.2) is 89.9 Å². The Morgan fingerprint density at radius 3 is 1.96 bits per heavy atom. The van der Waals surface area contributed by atoms with Gasteiger partial charge in [0.2, 0.25) is 0 Å². The highest BCUT2D eigenvalue weighted by Gasteiger charge is 2.12. The Balaban J connectivity index is 1.86. The van der Waals surface area contributed by atoms with Gasteiger partial charge in [-0.25, -0.2) is 5.06 Å². The molecule has 0 atom stereocenters. The van der Waals surface area contributed by atoms with Crippen LogP contribution < -0.4 is 0 Å². The van der Waals surface area contributed by atoms with Crippen LogP contribution in [-0.4, -0.2) is 16.1 Å². The van der Waals surface area contributed by atoms with E-state index in [0.29, 0.717) is 18.9 Å². The molecule has 3 aromatic carbocycles. The fourth-order valence-corrected chi connectivity index (χ4v) is 2.61. The zero-order chi connectivity index (χ0) is 17.5. The lowest BCUT2D eigenvalue weighted by atomic mass is 10.1. The lowest BCUT2D eigenvalue weighted by Crippen LogP contribution is -2.28. The fraction of sp³-hybridized carbons (Fsp3) is 0.136. The minimum absolute atomic E-state index is 0.391. The second kappa shape index (κ2) is 8.27. The van der Waals surface area contributed by atoms with Gasteiger partial charge >= 0.3 is 0 Å². The molecule has 0 fully saturated rings. The first kappa shape index (κ1) is 16.9. The van der Waals surface area contributed by atoms with Gasteiger partial charge in [-0.05, 0) is 18.1 Å². The van der Waals surface area contributed by atoms with Gasteiger partial charge in [0, 0.05) is 5.56 Å². The van der Waals surface area contributed by atoms with Gasteiger partial charge in [0.1, 0.15) is 0 Å². The van der Waals surface area contributed by atoms with Gasteiger partial charge in [-0.1, -0.05) is 90.5 Å². The van der Waals surface area contributed by atoms with Crippen LogP contribution in [0.5, 0.6) is 0 Å². The van der Waals surface area contributed by atoms with E-state index in [9.17, 15) is 5.21 Å². The van der Waals surface area contributed by atoms with Crippen molar-refractivity contribution in [3.05, 3.63) is 107 Å². The van der Waals surface area contributed by atoms with Crippen molar-refractivity contribution in [2.24, 2.45) is 4.99 Å². The molecule has 0 aliphatic heterocycles. The number of hydroxylamine groups is 2. The number of hydrogen-bond donors (Lipinski definition) is 1. The first-order chi connectivity index (χ1) is 12.2. The summed E-state index contributed by atoms with van der Waals surface area (Å²) in [6, 6.07) is 28.0. The van der Waals surface area contributed by atoms with Gasteiger partial charge in [0.05, 0.1) is 13.1 Å². The number of aryl methyl sites for hydroxylation is 1. The molecular formula is C22H22N2O. The highest BCUT2D eigenvalue weighted by molar-refractivity contribution is 5.98. The molecule has 0 aliphatic rings. The van der Waals surface area contributed by atoms with E-state index < -0.39 is 0 Å². The van der Waals surface area contributed by atoms with Crippen LogP contribution in [0.4, 0.5) is 0 Å². The van der Waals surface area contributed by atoms with Crippen molar-refractivity contribution in [1.82, 2.24) is 5.06 Å². The summed E-state index contributed by atoms with van der Waals surface area (Å²) in [6.07, 6.45) is 0. The summed E-state index contributed by atoms with van der Waals surface area (Å²) in [5.41, 5.74) is 4.23. The van der Waals surface area contributed by atoms with E-state index in [1.807, 2.05) is 91.9 Å². The number of benzene rings is 3. The van der Waals surface area contributed by atoms with Crippen molar-refractivity contribution in [1.29, 1.82) is 0 Å². The maximum atomic E-state index is 10.7. The summed E-state index contributed by atoms with van der Waals surface area (Å²) >= 11 is 0. The molecule has 0 aliphatic carbocycles. The Labute approximate surface area is 148 Å². The monoisotopic (exact) mass is 330 g/mol. The summed E-state index contributed by atoms with van der Waals surface area (Å²) in [4.78, 5) is 4.68. The first-order valence-corrected chi connectivity index (χ1v) is 8.38. The molecule has 0 saturated carbocycles. The van der Waals surface area contributed by atoms with Crippen LogP contribution >= 0.6 is 0 Å². The lowest BCUT2D eigenvalue weighted by Gasteiger charge is -2.20. The summed E-state index contributed by atoms with van der Waals surface area (Å²) in [5.74, 6) is 0.577. The van der Waals surface area contributed by atoms with Crippen molar-refractivity contribution in [3.63, 3.8) is 0 Å². The lowest BCUT2D eigenvalue weighted by molar-refractivity contribution is -0.0224. The predicted molar refractivity (Wildman–Crippen MR) is 102 cm³/mol. The minimum atomic E-state index is 0.391. The highest BCUT2D eigenvalue weighted by atomic mass is 16.5. The van der Waals surface area contributed by atoms with E-state index >= 15 is 0 Å². The van der Waals surface area contributed by atoms with Crippen molar-refractivity contribution < 1.29 is 5.21 Å². The van der Waals surface area contributed by atoms with Gasteiger partial charge in [0.15, 0.2) is 5.84 Å². The van der Waals surface area contributed by atoms with E-state index in [-0.39, 0.29) is 0 Å². The van der Waals surface area contributed by atoms with Crippen LogP contribution in [0.3, 0.4) is 0 Å². The molecule has 25 heavy (non-hydrogen) atoms. The van der Waals surface area contributed by atoms with Crippen molar-refractivity contribution in [2.45, 2.75) is 20.0 Å². The molecule has 0 bridgehead atoms. The van der Waals surface area contributed by atoms with Crippen LogP contribution in [0.2, 0.25) is 0 Å². The SMILES string of the molecule is Cc1ccc(C(=NCc2ccccc2)N(O)Cc2ccccc2)cc1. The molecule has 0 aromatic heterocycles. The number of rotatable bonds is 5. The molecule has 0 radical (unpaired) electrons. The molecule has 1 N–H and O–H groups in total. The molecule has 3 aromatic rings. The first-order valence-electron chi connectivity index (χ1n) is 8.38. The quantitative estimate of drug-likeness (QED) is 0.413. The molecule has 0 unspecified atom stereocenters. The Morgan fingerprint density at radius 2 is 1.36 bits per heavy atom. The summed E-state index contributed by atoms with van der Waals surface area (Å²) in [6.45, 7) is 2.96. The van der Waals surface area contributed by atoms with E-state index in [1.54, 1.807) is 0 Å². The summed E-state index contributed by atoms with van der Waals surface area (Å²) < 4.78 is 0. The Bertz CT molecular complexity index is 812. The zero-order valence-corrected chi connectivity index (χ0v) is 14.3. The van der Waals surface area contributed by atoms with Gasteiger partial charge in [-0.2, -0.15) is 0 Å². The van der Waals surface area contributed by atoms with Gasteiger partial charge in [0.25, 0.3) is 0 Å². The molecule has 0 saturated heterocycles. The molecule has 0 spiro atoms. The van der Waals surface area contributed by atoms with Crippen LogP contribution in [0.25, 0.3) is 0 Å². The van der Waals surface area contributed by atoms with Gasteiger partial charge in [-0.15, -0.1) is 0 Å². The van der Waals surface area contributed by atoms with E-state index in [0.717, 1.165) is 16.7 Å². The standard InChI is InChI=1S/C22H22N2O/c1-18-12-14-21(15-13-18)22(23-16-19-8-4-2-5-9-19)24(25)17-20-10-6-3-7-11-20/h2-15,25H,16-17H2,1H3. The molecule has 3 nitrogen and oxygen atoms in total. The molecule has 0 heterocycles. The Morgan fingerprint density at radius 1 is 0.800 bits per heavy atom. The van der Waals surface area contributed by atoms with Crippen molar-refractivity contribution in [3.8, 4) is 0 Å². The van der Waals surface area contributed by atoms with Crippen molar-refractivity contribution in [2.75, 3.05) is 0 Å². The maximum Gasteiger partial charge on any atom is 0.155 e. The Hall–Kier alpha value is -2.91. The number of hydrogen-bond acceptors (Lipinski definition) is 2. The fourth-order valence-electron chi connectivity index (χ4n) is 2.61. The average Bonchev–Trinajstić information content (AvgIpc) is 2.65. The average molecular weight is 330 g/mol. The molecule has 126 valence electrons. The summed E-state index contributed by atoms with van der Waals surface area (Å²) in [5, 5.41) is 11.9.